The van der Waals surface area contributed by atoms with Gasteiger partial charge in [0.05, 0.1) is 0 Å². The molecule has 0 unspecified atom stereocenters. The summed E-state index contributed by atoms with van der Waals surface area (Å²) < 4.78 is 5.93. The Morgan fingerprint density at radius 2 is 1.72 bits per heavy atom. The van der Waals surface area contributed by atoms with Crippen molar-refractivity contribution in [2.75, 3.05) is 0 Å². The molecule has 2 aromatic rings. The van der Waals surface area contributed by atoms with E-state index in [1.807, 2.05) is 30.3 Å². The number of ether oxygens (including phenoxy) is 1. The van der Waals surface area contributed by atoms with E-state index in [9.17, 15) is 0 Å². The summed E-state index contributed by atoms with van der Waals surface area (Å²) in [7, 11) is 0. The highest BCUT2D eigenvalue weighted by Gasteiger charge is 2.05. The summed E-state index contributed by atoms with van der Waals surface area (Å²) in [5, 5.41) is 1.44. The first-order valence-electron chi connectivity index (χ1n) is 5.69. The van der Waals surface area contributed by atoms with E-state index in [1.165, 1.54) is 11.1 Å². The number of rotatable bonds is 3. The van der Waals surface area contributed by atoms with Gasteiger partial charge in [-0.25, -0.2) is 0 Å². The average Bonchev–Trinajstić information content (AvgIpc) is 2.30. The van der Waals surface area contributed by atoms with Crippen LogP contribution in [0.1, 0.15) is 16.7 Å². The molecule has 0 amide bonds. The molecule has 0 aliphatic rings. The van der Waals surface area contributed by atoms with Crippen molar-refractivity contribution in [3.63, 3.8) is 0 Å². The average molecular weight is 326 g/mol. The number of alkyl halides is 1. The van der Waals surface area contributed by atoms with E-state index in [2.05, 4.69) is 35.8 Å². The van der Waals surface area contributed by atoms with E-state index in [0.717, 1.165) is 22.1 Å². The van der Waals surface area contributed by atoms with Crippen molar-refractivity contribution in [2.24, 2.45) is 0 Å². The lowest BCUT2D eigenvalue weighted by Crippen LogP contribution is -1.90. The first-order chi connectivity index (χ1) is 8.58. The normalized spacial score (nSPS) is 10.4. The molecule has 0 aliphatic heterocycles. The summed E-state index contributed by atoms with van der Waals surface area (Å²) in [6.45, 7) is 4.13. The maximum atomic E-state index is 5.97. The lowest BCUT2D eigenvalue weighted by atomic mass is 10.1. The third kappa shape index (κ3) is 3.27. The van der Waals surface area contributed by atoms with Crippen molar-refractivity contribution in [1.29, 1.82) is 0 Å². The predicted molar refractivity (Wildman–Crippen MR) is 80.1 cm³/mol. The fourth-order valence-electron chi connectivity index (χ4n) is 1.87. The monoisotopic (exact) mass is 324 g/mol. The molecule has 1 nitrogen and oxygen atoms in total. The Bertz CT molecular complexity index is 546. The zero-order chi connectivity index (χ0) is 13.1. The van der Waals surface area contributed by atoms with Crippen LogP contribution in [0.2, 0.25) is 5.02 Å². The highest BCUT2D eigenvalue weighted by atomic mass is 79.9. The van der Waals surface area contributed by atoms with Crippen LogP contribution in [0.4, 0.5) is 0 Å². The molecule has 2 rings (SSSR count). The van der Waals surface area contributed by atoms with Gasteiger partial charge in [0, 0.05) is 15.9 Å². The predicted octanol–water partition coefficient (Wildman–Crippen LogP) is 5.64. The molecule has 0 N–H and O–H groups in total. The topological polar surface area (TPSA) is 9.23 Å². The summed E-state index contributed by atoms with van der Waals surface area (Å²) in [6, 6.07) is 11.8. The minimum atomic E-state index is 0.716. The first-order valence-corrected chi connectivity index (χ1v) is 7.19. The quantitative estimate of drug-likeness (QED) is 0.663. The maximum Gasteiger partial charge on any atom is 0.131 e. The summed E-state index contributed by atoms with van der Waals surface area (Å²) in [4.78, 5) is 0. The summed E-state index contributed by atoms with van der Waals surface area (Å²) >= 11 is 9.42. The second-order valence-corrected chi connectivity index (χ2v) is 5.31. The standard InChI is InChI=1S/C15H14BrClO/c1-10-5-11(2)7-14(6-10)18-15-4-3-13(17)8-12(15)9-16/h3-8H,9H2,1-2H3. The highest BCUT2D eigenvalue weighted by molar-refractivity contribution is 9.08. The van der Waals surface area contributed by atoms with Crippen LogP contribution in [-0.2, 0) is 5.33 Å². The van der Waals surface area contributed by atoms with E-state index >= 15 is 0 Å². The number of hydrogen-bond acceptors (Lipinski definition) is 1. The largest absolute Gasteiger partial charge is 0.457 e. The Labute approximate surface area is 121 Å². The number of halogens is 2. The van der Waals surface area contributed by atoms with Crippen molar-refractivity contribution in [1.82, 2.24) is 0 Å². The van der Waals surface area contributed by atoms with Gasteiger partial charge in [0.15, 0.2) is 0 Å². The van der Waals surface area contributed by atoms with Gasteiger partial charge in [-0.3, -0.25) is 0 Å². The van der Waals surface area contributed by atoms with Gasteiger partial charge in [-0.05, 0) is 55.3 Å². The van der Waals surface area contributed by atoms with Gasteiger partial charge in [-0.2, -0.15) is 0 Å². The minimum Gasteiger partial charge on any atom is -0.457 e. The van der Waals surface area contributed by atoms with Gasteiger partial charge in [-0.1, -0.05) is 33.6 Å². The molecule has 0 atom stereocenters. The molecule has 94 valence electrons. The van der Waals surface area contributed by atoms with E-state index < -0.39 is 0 Å². The molecule has 0 aromatic heterocycles. The number of aryl methyl sites for hydroxylation is 2. The van der Waals surface area contributed by atoms with Gasteiger partial charge in [0.25, 0.3) is 0 Å². The minimum absolute atomic E-state index is 0.716. The lowest BCUT2D eigenvalue weighted by molar-refractivity contribution is 0.478. The second-order valence-electron chi connectivity index (χ2n) is 4.31. The zero-order valence-electron chi connectivity index (χ0n) is 10.3. The van der Waals surface area contributed by atoms with Gasteiger partial charge in [0.2, 0.25) is 0 Å². The summed E-state index contributed by atoms with van der Waals surface area (Å²) in [5.41, 5.74) is 3.43. The van der Waals surface area contributed by atoms with Gasteiger partial charge in [-0.15, -0.1) is 0 Å². The van der Waals surface area contributed by atoms with Crippen LogP contribution in [0.5, 0.6) is 11.5 Å². The molecule has 0 aliphatic carbocycles. The fourth-order valence-corrected chi connectivity index (χ4v) is 2.50. The molecule has 0 saturated carbocycles. The third-order valence-electron chi connectivity index (χ3n) is 2.59. The van der Waals surface area contributed by atoms with E-state index in [0.29, 0.717) is 5.33 Å². The number of hydrogen-bond donors (Lipinski definition) is 0. The number of benzene rings is 2. The van der Waals surface area contributed by atoms with Gasteiger partial charge in [0.1, 0.15) is 11.5 Å². The second kappa shape index (κ2) is 5.77. The SMILES string of the molecule is Cc1cc(C)cc(Oc2ccc(Cl)cc2CBr)c1. The summed E-state index contributed by atoms with van der Waals surface area (Å²) in [6.07, 6.45) is 0. The van der Waals surface area contributed by atoms with Crippen LogP contribution in [-0.4, -0.2) is 0 Å². The molecular weight excluding hydrogens is 312 g/mol. The molecule has 0 spiro atoms. The fraction of sp³-hybridized carbons (Fsp3) is 0.200. The molecular formula is C15H14BrClO. The Morgan fingerprint density at radius 3 is 2.33 bits per heavy atom. The van der Waals surface area contributed by atoms with Crippen LogP contribution in [0, 0.1) is 13.8 Å². The smallest absolute Gasteiger partial charge is 0.131 e. The van der Waals surface area contributed by atoms with Crippen LogP contribution >= 0.6 is 27.5 Å². The molecule has 0 radical (unpaired) electrons. The molecule has 0 bridgehead atoms. The highest BCUT2D eigenvalue weighted by Crippen LogP contribution is 2.30. The van der Waals surface area contributed by atoms with Crippen molar-refractivity contribution in [2.45, 2.75) is 19.2 Å². The van der Waals surface area contributed by atoms with Crippen LogP contribution < -0.4 is 4.74 Å². The molecule has 0 fully saturated rings. The molecule has 0 heterocycles. The zero-order valence-corrected chi connectivity index (χ0v) is 12.7. The molecule has 18 heavy (non-hydrogen) atoms. The maximum absolute atomic E-state index is 5.97. The van der Waals surface area contributed by atoms with Crippen LogP contribution in [0.3, 0.4) is 0 Å². The van der Waals surface area contributed by atoms with Crippen LogP contribution in [0.25, 0.3) is 0 Å². The van der Waals surface area contributed by atoms with Crippen molar-refractivity contribution < 1.29 is 4.74 Å². The van der Waals surface area contributed by atoms with Crippen LogP contribution in [0.15, 0.2) is 36.4 Å². The van der Waals surface area contributed by atoms with E-state index in [-0.39, 0.29) is 0 Å². The Hall–Kier alpha value is -0.990. The molecule has 0 saturated heterocycles. The van der Waals surface area contributed by atoms with E-state index in [1.54, 1.807) is 0 Å². The van der Waals surface area contributed by atoms with Gasteiger partial charge < -0.3 is 4.74 Å². The molecule has 2 aromatic carbocycles. The van der Waals surface area contributed by atoms with Crippen molar-refractivity contribution in [3.8, 4) is 11.5 Å². The Kier molecular flexibility index (Phi) is 4.31. The first kappa shape index (κ1) is 13.4. The molecule has 3 heteroatoms. The lowest BCUT2D eigenvalue weighted by Gasteiger charge is -2.11. The van der Waals surface area contributed by atoms with Crippen molar-refractivity contribution >= 4 is 27.5 Å². The Balaban J connectivity index is 2.33. The summed E-state index contributed by atoms with van der Waals surface area (Å²) in [5.74, 6) is 1.69. The van der Waals surface area contributed by atoms with Crippen molar-refractivity contribution in [3.05, 3.63) is 58.1 Å². The Morgan fingerprint density at radius 1 is 1.06 bits per heavy atom. The van der Waals surface area contributed by atoms with Gasteiger partial charge >= 0.3 is 0 Å². The third-order valence-corrected chi connectivity index (χ3v) is 3.43. The van der Waals surface area contributed by atoms with E-state index in [4.69, 9.17) is 16.3 Å².